The molecule has 0 radical (unpaired) electrons. The third kappa shape index (κ3) is 4.71. The molecule has 158 valence electrons. The van der Waals surface area contributed by atoms with Gasteiger partial charge < -0.3 is 20.9 Å². The first-order valence-corrected chi connectivity index (χ1v) is 8.79. The number of ether oxygens (including phenoxy) is 2. The van der Waals surface area contributed by atoms with Gasteiger partial charge in [0.1, 0.15) is 24.1 Å². The molecule has 1 atom stereocenters. The number of methoxy groups -OCH3 is 1. The van der Waals surface area contributed by atoms with E-state index in [2.05, 4.69) is 5.10 Å². The zero-order valence-electron chi connectivity index (χ0n) is 15.9. The van der Waals surface area contributed by atoms with Gasteiger partial charge >= 0.3 is 6.18 Å². The van der Waals surface area contributed by atoms with Gasteiger partial charge in [0.15, 0.2) is 5.69 Å². The summed E-state index contributed by atoms with van der Waals surface area (Å²) >= 11 is 0. The van der Waals surface area contributed by atoms with Gasteiger partial charge in [0, 0.05) is 5.56 Å². The molecule has 1 aromatic heterocycles. The highest BCUT2D eigenvalue weighted by Crippen LogP contribution is 2.34. The highest BCUT2D eigenvalue weighted by Gasteiger charge is 2.35. The Hall–Kier alpha value is -3.53. The summed E-state index contributed by atoms with van der Waals surface area (Å²) in [6.07, 6.45) is -4.60. The van der Waals surface area contributed by atoms with E-state index in [0.29, 0.717) is 22.7 Å². The first-order chi connectivity index (χ1) is 14.2. The molecule has 2 aromatic carbocycles. The van der Waals surface area contributed by atoms with Crippen LogP contribution in [0.3, 0.4) is 0 Å². The smallest absolute Gasteiger partial charge is 0.435 e. The predicted octanol–water partition coefficient (Wildman–Crippen LogP) is 2.76. The molecule has 7 nitrogen and oxygen atoms in total. The number of hydrogen-bond donors (Lipinski definition) is 2. The van der Waals surface area contributed by atoms with Crippen molar-refractivity contribution in [3.8, 4) is 28.4 Å². The van der Waals surface area contributed by atoms with Crippen LogP contribution in [0.4, 0.5) is 13.2 Å². The average Bonchev–Trinajstić information content (AvgIpc) is 3.18. The first-order valence-electron chi connectivity index (χ1n) is 8.79. The number of hydrogen-bond acceptors (Lipinski definition) is 5. The van der Waals surface area contributed by atoms with Gasteiger partial charge in [-0.15, -0.1) is 0 Å². The Bertz CT molecular complexity index is 1020. The molecule has 1 unspecified atom stereocenters. The molecule has 10 heteroatoms. The number of aromatic nitrogens is 2. The van der Waals surface area contributed by atoms with Crippen LogP contribution in [0.15, 0.2) is 54.6 Å². The molecular weight excluding hydrogens is 401 g/mol. The molecule has 3 aromatic rings. The molecule has 0 aliphatic rings. The lowest BCUT2D eigenvalue weighted by Gasteiger charge is -2.11. The van der Waals surface area contributed by atoms with Crippen molar-refractivity contribution in [1.82, 2.24) is 9.78 Å². The molecule has 3 rings (SSSR count). The molecule has 1 amide bonds. The number of primary amides is 1. The van der Waals surface area contributed by atoms with Gasteiger partial charge in [-0.25, -0.2) is 4.68 Å². The van der Waals surface area contributed by atoms with E-state index in [1.807, 2.05) is 0 Å². The normalized spacial score (nSPS) is 12.4. The van der Waals surface area contributed by atoms with E-state index in [1.54, 1.807) is 48.5 Å². The summed E-state index contributed by atoms with van der Waals surface area (Å²) in [5, 5.41) is 3.74. The van der Waals surface area contributed by atoms with Gasteiger partial charge in [0.05, 0.1) is 18.5 Å². The third-order valence-electron chi connectivity index (χ3n) is 4.26. The quantitative estimate of drug-likeness (QED) is 0.612. The van der Waals surface area contributed by atoms with E-state index >= 15 is 0 Å². The summed E-state index contributed by atoms with van der Waals surface area (Å²) in [6.45, 7) is -0.114. The molecular formula is C20H19F3N4O3. The Morgan fingerprint density at radius 2 is 1.70 bits per heavy atom. The fraction of sp³-hybridized carbons (Fsp3) is 0.200. The van der Waals surface area contributed by atoms with Crippen LogP contribution in [0.2, 0.25) is 0 Å². The maximum absolute atomic E-state index is 13.3. The minimum atomic E-state index is -4.60. The number of halogens is 3. The van der Waals surface area contributed by atoms with Crippen LogP contribution in [-0.4, -0.2) is 35.4 Å². The van der Waals surface area contributed by atoms with Crippen LogP contribution < -0.4 is 20.9 Å². The zero-order chi connectivity index (χ0) is 21.9. The van der Waals surface area contributed by atoms with Crippen molar-refractivity contribution in [2.75, 3.05) is 13.7 Å². The molecule has 0 spiro atoms. The summed E-state index contributed by atoms with van der Waals surface area (Å²) in [6, 6.07) is 12.8. The lowest BCUT2D eigenvalue weighted by molar-refractivity contribution is -0.141. The van der Waals surface area contributed by atoms with Crippen LogP contribution >= 0.6 is 0 Å². The lowest BCUT2D eigenvalue weighted by atomic mass is 10.1. The number of nitrogens with two attached hydrogens (primary N) is 2. The molecule has 1 heterocycles. The van der Waals surface area contributed by atoms with Gasteiger partial charge in [-0.1, -0.05) is 0 Å². The summed E-state index contributed by atoms with van der Waals surface area (Å²) < 4.78 is 51.5. The fourth-order valence-corrected chi connectivity index (χ4v) is 2.64. The monoisotopic (exact) mass is 420 g/mol. The minimum Gasteiger partial charge on any atom is -0.497 e. The Labute approximate surface area is 170 Å². The van der Waals surface area contributed by atoms with Crippen LogP contribution in [0.5, 0.6) is 11.5 Å². The summed E-state index contributed by atoms with van der Waals surface area (Å²) in [5.74, 6) is 0.260. The van der Waals surface area contributed by atoms with E-state index in [9.17, 15) is 18.0 Å². The maximum Gasteiger partial charge on any atom is 0.435 e. The van der Waals surface area contributed by atoms with Gasteiger partial charge in [-0.2, -0.15) is 18.3 Å². The number of benzene rings is 2. The summed E-state index contributed by atoms with van der Waals surface area (Å²) in [5.41, 5.74) is 10.7. The molecule has 0 fully saturated rings. The number of amides is 1. The standard InChI is InChI=1S/C20H19F3N4O3/c1-29-14-8-4-13(5-9-14)27-17(10-18(26-27)20(21,22)23)12-2-6-15(7-3-12)30-11-16(24)19(25)28/h2-10,16H,11,24H2,1H3,(H2,25,28). The topological polar surface area (TPSA) is 105 Å². The Balaban J connectivity index is 1.93. The van der Waals surface area contributed by atoms with Crippen molar-refractivity contribution in [1.29, 1.82) is 0 Å². The second-order valence-electron chi connectivity index (χ2n) is 6.37. The van der Waals surface area contributed by atoms with Crippen molar-refractivity contribution < 1.29 is 27.4 Å². The largest absolute Gasteiger partial charge is 0.497 e. The van der Waals surface area contributed by atoms with Crippen LogP contribution in [-0.2, 0) is 11.0 Å². The predicted molar refractivity (Wildman–Crippen MR) is 103 cm³/mol. The van der Waals surface area contributed by atoms with Gasteiger partial charge in [0.25, 0.3) is 0 Å². The maximum atomic E-state index is 13.3. The van der Waals surface area contributed by atoms with Gasteiger partial charge in [0.2, 0.25) is 5.91 Å². The Kier molecular flexibility index (Phi) is 5.97. The molecule has 0 bridgehead atoms. The van der Waals surface area contributed by atoms with Crippen molar-refractivity contribution in [2.45, 2.75) is 12.2 Å². The molecule has 0 saturated carbocycles. The van der Waals surface area contributed by atoms with Crippen LogP contribution in [0.1, 0.15) is 5.69 Å². The van der Waals surface area contributed by atoms with Crippen LogP contribution in [0.25, 0.3) is 16.9 Å². The van der Waals surface area contributed by atoms with Crippen LogP contribution in [0, 0.1) is 0 Å². The summed E-state index contributed by atoms with van der Waals surface area (Å²) in [7, 11) is 1.50. The summed E-state index contributed by atoms with van der Waals surface area (Å²) in [4.78, 5) is 11.0. The number of rotatable bonds is 7. The second kappa shape index (κ2) is 8.46. The first kappa shape index (κ1) is 21.2. The number of carbonyl (C=O) groups is 1. The Morgan fingerprint density at radius 1 is 1.10 bits per heavy atom. The van der Waals surface area contributed by atoms with Gasteiger partial charge in [-0.05, 0) is 54.6 Å². The minimum absolute atomic E-state index is 0.114. The number of carbonyl (C=O) groups excluding carboxylic acids is 1. The van der Waals surface area contributed by atoms with E-state index in [1.165, 1.54) is 11.8 Å². The number of alkyl halides is 3. The van der Waals surface area contributed by atoms with E-state index < -0.39 is 23.8 Å². The molecule has 4 N–H and O–H groups in total. The fourth-order valence-electron chi connectivity index (χ4n) is 2.64. The van der Waals surface area contributed by atoms with E-state index in [-0.39, 0.29) is 12.3 Å². The SMILES string of the molecule is COc1ccc(-n2nc(C(F)(F)F)cc2-c2ccc(OCC(N)C(N)=O)cc2)cc1. The molecule has 30 heavy (non-hydrogen) atoms. The highest BCUT2D eigenvalue weighted by molar-refractivity contribution is 5.79. The molecule has 0 saturated heterocycles. The van der Waals surface area contributed by atoms with E-state index in [4.69, 9.17) is 20.9 Å². The average molecular weight is 420 g/mol. The molecule has 0 aliphatic carbocycles. The van der Waals surface area contributed by atoms with Crippen molar-refractivity contribution >= 4 is 5.91 Å². The van der Waals surface area contributed by atoms with Crippen molar-refractivity contribution in [3.63, 3.8) is 0 Å². The lowest BCUT2D eigenvalue weighted by Crippen LogP contribution is -2.41. The van der Waals surface area contributed by atoms with E-state index in [0.717, 1.165) is 6.07 Å². The third-order valence-corrected chi connectivity index (χ3v) is 4.26. The van der Waals surface area contributed by atoms with Crippen molar-refractivity contribution in [2.24, 2.45) is 11.5 Å². The number of nitrogens with zero attached hydrogens (tertiary/aromatic N) is 2. The van der Waals surface area contributed by atoms with Gasteiger partial charge in [-0.3, -0.25) is 4.79 Å². The highest BCUT2D eigenvalue weighted by atomic mass is 19.4. The molecule has 0 aliphatic heterocycles. The zero-order valence-corrected chi connectivity index (χ0v) is 15.9. The second-order valence-corrected chi connectivity index (χ2v) is 6.37. The van der Waals surface area contributed by atoms with Crippen molar-refractivity contribution in [3.05, 3.63) is 60.3 Å². The Morgan fingerprint density at radius 3 is 2.23 bits per heavy atom.